The Labute approximate surface area is 151 Å². The molecule has 0 amide bonds. The number of aromatic nitrogens is 3. The molecule has 0 aliphatic heterocycles. The molecule has 4 rings (SSSR count). The number of hydrogen-bond acceptors (Lipinski definition) is 4. The monoisotopic (exact) mass is 344 g/mol. The molecule has 5 nitrogen and oxygen atoms in total. The SMILES string of the molecule is CCc1cc2c(cn1)cc(-c1cccnc1N)n2-c1ccc(CO)cc1. The normalized spacial score (nSPS) is 11.2. The van der Waals surface area contributed by atoms with Gasteiger partial charge in [0.1, 0.15) is 5.82 Å². The van der Waals surface area contributed by atoms with E-state index in [0.29, 0.717) is 5.82 Å². The van der Waals surface area contributed by atoms with Gasteiger partial charge in [-0.15, -0.1) is 0 Å². The summed E-state index contributed by atoms with van der Waals surface area (Å²) in [5.74, 6) is 0.493. The van der Waals surface area contributed by atoms with Crippen LogP contribution in [-0.2, 0) is 13.0 Å². The maximum absolute atomic E-state index is 9.33. The van der Waals surface area contributed by atoms with E-state index in [1.165, 1.54) is 0 Å². The Morgan fingerprint density at radius 3 is 2.58 bits per heavy atom. The van der Waals surface area contributed by atoms with E-state index in [4.69, 9.17) is 5.73 Å². The zero-order valence-electron chi connectivity index (χ0n) is 14.6. The Balaban J connectivity index is 2.03. The lowest BCUT2D eigenvalue weighted by Gasteiger charge is -2.13. The molecule has 0 aliphatic carbocycles. The summed E-state index contributed by atoms with van der Waals surface area (Å²) in [5.41, 5.74) is 12.0. The van der Waals surface area contributed by atoms with Crippen LogP contribution >= 0.6 is 0 Å². The topological polar surface area (TPSA) is 77.0 Å². The van der Waals surface area contributed by atoms with Gasteiger partial charge in [-0.2, -0.15) is 0 Å². The Morgan fingerprint density at radius 1 is 1.08 bits per heavy atom. The van der Waals surface area contributed by atoms with Crippen molar-refractivity contribution in [3.05, 3.63) is 72.2 Å². The molecule has 4 aromatic rings. The van der Waals surface area contributed by atoms with Gasteiger partial charge in [-0.1, -0.05) is 19.1 Å². The molecule has 3 aromatic heterocycles. The Bertz CT molecular complexity index is 1070. The van der Waals surface area contributed by atoms with E-state index in [0.717, 1.165) is 45.5 Å². The molecule has 3 N–H and O–H groups in total. The molecule has 0 aliphatic rings. The van der Waals surface area contributed by atoms with Crippen molar-refractivity contribution in [1.29, 1.82) is 0 Å². The molecule has 0 atom stereocenters. The number of nitrogen functional groups attached to an aromatic ring is 1. The van der Waals surface area contributed by atoms with Gasteiger partial charge in [-0.25, -0.2) is 4.98 Å². The quantitative estimate of drug-likeness (QED) is 0.591. The summed E-state index contributed by atoms with van der Waals surface area (Å²) in [4.78, 5) is 8.76. The van der Waals surface area contributed by atoms with Crippen LogP contribution in [0.5, 0.6) is 0 Å². The van der Waals surface area contributed by atoms with E-state index in [2.05, 4.69) is 33.6 Å². The minimum atomic E-state index is 0.0268. The van der Waals surface area contributed by atoms with Crippen LogP contribution in [0.25, 0.3) is 27.8 Å². The zero-order valence-corrected chi connectivity index (χ0v) is 14.6. The van der Waals surface area contributed by atoms with E-state index in [9.17, 15) is 5.11 Å². The predicted molar refractivity (Wildman–Crippen MR) is 104 cm³/mol. The summed E-state index contributed by atoms with van der Waals surface area (Å²) >= 11 is 0. The highest BCUT2D eigenvalue weighted by Gasteiger charge is 2.15. The van der Waals surface area contributed by atoms with Crippen LogP contribution in [-0.4, -0.2) is 19.6 Å². The summed E-state index contributed by atoms with van der Waals surface area (Å²) in [6, 6.07) is 15.9. The Morgan fingerprint density at radius 2 is 1.88 bits per heavy atom. The summed E-state index contributed by atoms with van der Waals surface area (Å²) in [6.45, 7) is 2.12. The number of aliphatic hydroxyl groups is 1. The molecular weight excluding hydrogens is 324 g/mol. The number of aliphatic hydroxyl groups excluding tert-OH is 1. The Kier molecular flexibility index (Phi) is 4.14. The van der Waals surface area contributed by atoms with Crippen molar-refractivity contribution in [3.8, 4) is 16.9 Å². The number of aryl methyl sites for hydroxylation is 1. The number of benzene rings is 1. The number of fused-ring (bicyclic) bond motifs is 1. The lowest BCUT2D eigenvalue weighted by molar-refractivity contribution is 0.282. The first kappa shape index (κ1) is 16.3. The van der Waals surface area contributed by atoms with Crippen LogP contribution in [0.15, 0.2) is 60.9 Å². The van der Waals surface area contributed by atoms with Crippen LogP contribution in [0.1, 0.15) is 18.2 Å². The van der Waals surface area contributed by atoms with Crippen LogP contribution in [0.3, 0.4) is 0 Å². The number of rotatable bonds is 4. The standard InChI is InChI=1S/C21H20N4O/c1-2-16-11-19-15(12-24-16)10-20(18-4-3-9-23-21(18)22)25(19)17-7-5-14(13-26)6-8-17/h3-12,26H,2,13H2,1H3,(H2,22,23). The highest BCUT2D eigenvalue weighted by molar-refractivity contribution is 5.90. The van der Waals surface area contributed by atoms with Crippen LogP contribution in [0, 0.1) is 0 Å². The van der Waals surface area contributed by atoms with E-state index in [1.54, 1.807) is 6.20 Å². The highest BCUT2D eigenvalue weighted by atomic mass is 16.3. The zero-order chi connectivity index (χ0) is 18.1. The summed E-state index contributed by atoms with van der Waals surface area (Å²) in [6.07, 6.45) is 4.47. The van der Waals surface area contributed by atoms with E-state index >= 15 is 0 Å². The van der Waals surface area contributed by atoms with Gasteiger partial charge >= 0.3 is 0 Å². The van der Waals surface area contributed by atoms with Crippen molar-refractivity contribution >= 4 is 16.7 Å². The molecule has 0 saturated heterocycles. The first-order chi connectivity index (χ1) is 12.7. The Hall–Kier alpha value is -3.18. The second kappa shape index (κ2) is 6.61. The number of nitrogens with two attached hydrogens (primary N) is 1. The molecule has 1 aromatic carbocycles. The third-order valence-corrected chi connectivity index (χ3v) is 4.60. The smallest absolute Gasteiger partial charge is 0.132 e. The highest BCUT2D eigenvalue weighted by Crippen LogP contribution is 2.33. The predicted octanol–water partition coefficient (Wildman–Crippen LogP) is 3.72. The third kappa shape index (κ3) is 2.72. The molecule has 0 unspecified atom stereocenters. The third-order valence-electron chi connectivity index (χ3n) is 4.60. The summed E-state index contributed by atoms with van der Waals surface area (Å²) in [7, 11) is 0. The first-order valence-corrected chi connectivity index (χ1v) is 8.62. The maximum atomic E-state index is 9.33. The van der Waals surface area contributed by atoms with E-state index in [1.807, 2.05) is 42.6 Å². The molecular formula is C21H20N4O. The minimum Gasteiger partial charge on any atom is -0.392 e. The number of nitrogens with zero attached hydrogens (tertiary/aromatic N) is 3. The number of anilines is 1. The van der Waals surface area contributed by atoms with Gasteiger partial charge in [0.25, 0.3) is 0 Å². The molecule has 0 spiro atoms. The maximum Gasteiger partial charge on any atom is 0.132 e. The van der Waals surface area contributed by atoms with Crippen molar-refractivity contribution < 1.29 is 5.11 Å². The van der Waals surface area contributed by atoms with Gasteiger partial charge in [-0.05, 0) is 48.4 Å². The van der Waals surface area contributed by atoms with Crippen molar-refractivity contribution in [3.63, 3.8) is 0 Å². The van der Waals surface area contributed by atoms with Crippen molar-refractivity contribution in [2.45, 2.75) is 20.0 Å². The lowest BCUT2D eigenvalue weighted by atomic mass is 10.1. The number of pyridine rings is 2. The molecule has 0 fully saturated rings. The molecule has 0 radical (unpaired) electrons. The average molecular weight is 344 g/mol. The fourth-order valence-corrected chi connectivity index (χ4v) is 3.20. The van der Waals surface area contributed by atoms with Crippen LogP contribution in [0.4, 0.5) is 5.82 Å². The van der Waals surface area contributed by atoms with Gasteiger partial charge in [-0.3, -0.25) is 4.98 Å². The van der Waals surface area contributed by atoms with Gasteiger partial charge < -0.3 is 15.4 Å². The second-order valence-electron chi connectivity index (χ2n) is 6.21. The van der Waals surface area contributed by atoms with Gasteiger partial charge in [0.05, 0.1) is 17.8 Å². The van der Waals surface area contributed by atoms with Crippen LogP contribution in [0.2, 0.25) is 0 Å². The van der Waals surface area contributed by atoms with Crippen molar-refractivity contribution in [2.24, 2.45) is 0 Å². The molecule has 0 bridgehead atoms. The molecule has 26 heavy (non-hydrogen) atoms. The molecule has 3 heterocycles. The van der Waals surface area contributed by atoms with E-state index in [-0.39, 0.29) is 6.61 Å². The summed E-state index contributed by atoms with van der Waals surface area (Å²) in [5, 5.41) is 10.4. The number of hydrogen-bond donors (Lipinski definition) is 2. The lowest BCUT2D eigenvalue weighted by Crippen LogP contribution is -2.01. The van der Waals surface area contributed by atoms with Crippen molar-refractivity contribution in [1.82, 2.24) is 14.5 Å². The fraction of sp³-hybridized carbons (Fsp3) is 0.143. The second-order valence-corrected chi connectivity index (χ2v) is 6.21. The molecule has 0 saturated carbocycles. The first-order valence-electron chi connectivity index (χ1n) is 8.62. The van der Waals surface area contributed by atoms with Gasteiger partial charge in [0, 0.05) is 34.7 Å². The van der Waals surface area contributed by atoms with E-state index < -0.39 is 0 Å². The average Bonchev–Trinajstić information content (AvgIpc) is 3.06. The summed E-state index contributed by atoms with van der Waals surface area (Å²) < 4.78 is 2.17. The van der Waals surface area contributed by atoms with Gasteiger partial charge in [0.2, 0.25) is 0 Å². The molecule has 5 heteroatoms. The van der Waals surface area contributed by atoms with Crippen LogP contribution < -0.4 is 5.73 Å². The van der Waals surface area contributed by atoms with Gasteiger partial charge in [0.15, 0.2) is 0 Å². The van der Waals surface area contributed by atoms with Crippen molar-refractivity contribution in [2.75, 3.05) is 5.73 Å². The minimum absolute atomic E-state index is 0.0268. The largest absolute Gasteiger partial charge is 0.392 e. The molecule has 130 valence electrons. The fourth-order valence-electron chi connectivity index (χ4n) is 3.20.